The zero-order valence-corrected chi connectivity index (χ0v) is 50.8. The zero-order valence-electron chi connectivity index (χ0n) is 50.8. The van der Waals surface area contributed by atoms with Crippen molar-refractivity contribution in [2.24, 2.45) is 17.8 Å². The smallest absolute Gasteiger partial charge is 0.247 e. The standard InChI is InChI=1S/C57H103N11O11/c1-17-19-20-21-22-23-25-44(68(36-70)46-26-24-31-67(46)47(72)28-27-39(7)18-2)51(76)61-43(35-69)50(75)64-56(11,12)53(78)62-41(32-37(3)4)48(73)60-42(33-38(5)6)49(74)63-57(13,14)54(79)65-55(9,10)52(77)58-30-29-45(71)59-40(8)34-66(15)16/h27-28,36-44,46,69H,17-26,29-35H2,1-16H3,(H,58,77)(H,59,71)(H,60,73)(H,61,76)(H,62,78)(H,63,74)(H,64,75)(H,65,79)/b28-27+/t39-,40-,41-,42-,43-,44-,46+/m0/s1. The van der Waals surface area contributed by atoms with Crippen molar-refractivity contribution >= 4 is 59.6 Å². The highest BCUT2D eigenvalue weighted by atomic mass is 16.3. The van der Waals surface area contributed by atoms with E-state index in [1.807, 2.05) is 73.5 Å². The molecule has 0 saturated carbocycles. The number of aliphatic hydroxyl groups is 1. The molecule has 0 unspecified atom stereocenters. The van der Waals surface area contributed by atoms with Crippen LogP contribution in [0.3, 0.4) is 0 Å². The van der Waals surface area contributed by atoms with Crippen LogP contribution in [0.15, 0.2) is 12.2 Å². The highest BCUT2D eigenvalue weighted by Crippen LogP contribution is 2.25. The van der Waals surface area contributed by atoms with Gasteiger partial charge in [0.05, 0.1) is 6.61 Å². The Morgan fingerprint density at radius 1 is 0.658 bits per heavy atom. The van der Waals surface area contributed by atoms with Crippen molar-refractivity contribution in [1.29, 1.82) is 0 Å². The summed E-state index contributed by atoms with van der Waals surface area (Å²) in [6.07, 6.45) is 11.0. The molecule has 0 radical (unpaired) electrons. The Hall–Kier alpha value is -5.64. The molecule has 22 heteroatoms. The average molecular weight is 1120 g/mol. The number of carbonyl (C=O) groups is 10. The monoisotopic (exact) mass is 1120 g/mol. The third kappa shape index (κ3) is 25.6. The quantitative estimate of drug-likeness (QED) is 0.0247. The van der Waals surface area contributed by atoms with Gasteiger partial charge in [-0.3, -0.25) is 47.9 Å². The molecule has 0 aromatic heterocycles. The highest BCUT2D eigenvalue weighted by molar-refractivity contribution is 5.99. The lowest BCUT2D eigenvalue weighted by atomic mass is 9.96. The maximum absolute atomic E-state index is 14.3. The number of likely N-dealkylation sites (tertiary alicyclic amines) is 1. The number of rotatable bonds is 37. The summed E-state index contributed by atoms with van der Waals surface area (Å²) in [5.74, 6) is -5.72. The van der Waals surface area contributed by atoms with Gasteiger partial charge in [-0.2, -0.15) is 0 Å². The summed E-state index contributed by atoms with van der Waals surface area (Å²) in [6.45, 7) is 24.2. The molecule has 0 aromatic carbocycles. The number of hydrogen-bond donors (Lipinski definition) is 9. The highest BCUT2D eigenvalue weighted by Gasteiger charge is 2.42. The van der Waals surface area contributed by atoms with E-state index in [1.165, 1.54) is 52.5 Å². The topological polar surface area (TPSA) is 297 Å². The van der Waals surface area contributed by atoms with Crippen molar-refractivity contribution in [3.05, 3.63) is 12.2 Å². The van der Waals surface area contributed by atoms with Gasteiger partial charge in [-0.15, -0.1) is 0 Å². The fourth-order valence-electron chi connectivity index (χ4n) is 9.01. The van der Waals surface area contributed by atoms with Crippen molar-refractivity contribution in [2.45, 2.75) is 233 Å². The fraction of sp³-hybridized carbons (Fsp3) is 0.789. The molecule has 7 atom stereocenters. The molecule has 22 nitrogen and oxygen atoms in total. The average Bonchev–Trinajstić information content (AvgIpc) is 3.83. The number of allylic oxidation sites excluding steroid dienone is 1. The van der Waals surface area contributed by atoms with Gasteiger partial charge in [0.2, 0.25) is 59.6 Å². The van der Waals surface area contributed by atoms with Gasteiger partial charge in [0.25, 0.3) is 0 Å². The summed E-state index contributed by atoms with van der Waals surface area (Å²) < 4.78 is 0. The van der Waals surface area contributed by atoms with E-state index in [1.54, 1.807) is 4.90 Å². The molecule has 1 aliphatic heterocycles. The Labute approximate surface area is 472 Å². The van der Waals surface area contributed by atoms with E-state index in [0.717, 1.165) is 38.5 Å². The van der Waals surface area contributed by atoms with Crippen LogP contribution in [0.4, 0.5) is 0 Å². The number of nitrogens with zero attached hydrogens (tertiary/aromatic N) is 3. The molecular weight excluding hydrogens is 1010 g/mol. The van der Waals surface area contributed by atoms with Crippen molar-refractivity contribution in [1.82, 2.24) is 57.2 Å². The fourth-order valence-corrected chi connectivity index (χ4v) is 9.01. The van der Waals surface area contributed by atoms with E-state index in [-0.39, 0.29) is 67.8 Å². The number of hydrogen-bond acceptors (Lipinski definition) is 12. The molecular formula is C57H103N11O11. The van der Waals surface area contributed by atoms with Crippen molar-refractivity contribution in [3.8, 4) is 0 Å². The molecule has 1 heterocycles. The lowest BCUT2D eigenvalue weighted by Gasteiger charge is -2.37. The van der Waals surface area contributed by atoms with Gasteiger partial charge in [0, 0.05) is 32.1 Å². The summed E-state index contributed by atoms with van der Waals surface area (Å²) in [7, 11) is 3.78. The van der Waals surface area contributed by atoms with Crippen molar-refractivity contribution in [3.63, 3.8) is 0 Å². The second-order valence-corrected chi connectivity index (χ2v) is 24.2. The predicted octanol–water partition coefficient (Wildman–Crippen LogP) is 2.91. The van der Waals surface area contributed by atoms with Gasteiger partial charge in [-0.25, -0.2) is 0 Å². The van der Waals surface area contributed by atoms with Crippen molar-refractivity contribution < 1.29 is 53.1 Å². The minimum absolute atomic E-state index is 0.0219. The van der Waals surface area contributed by atoms with Crippen LogP contribution in [0.25, 0.3) is 0 Å². The van der Waals surface area contributed by atoms with Gasteiger partial charge in [-0.1, -0.05) is 99.5 Å². The Morgan fingerprint density at radius 2 is 1.19 bits per heavy atom. The van der Waals surface area contributed by atoms with E-state index in [0.29, 0.717) is 38.8 Å². The SMILES string of the molecule is CCCCCCCC[C@@H](C(=O)N[C@@H](CO)C(=O)NC(C)(C)C(=O)N[C@@H](CC(C)C)C(=O)N[C@@H](CC(C)C)C(=O)NC(C)(C)C(=O)NC(C)(C)C(=O)NCCC(=O)N[C@@H](C)CN(C)C)N(C=O)[C@@H]1CCCN1C(=O)/C=C/[C@@H](C)CC. The first-order valence-electron chi connectivity index (χ1n) is 28.7. The second-order valence-electron chi connectivity index (χ2n) is 24.2. The lowest BCUT2D eigenvalue weighted by molar-refractivity contribution is -0.144. The number of carbonyl (C=O) groups excluding carboxylic acids is 10. The third-order valence-electron chi connectivity index (χ3n) is 13.8. The predicted molar refractivity (Wildman–Crippen MR) is 305 cm³/mol. The van der Waals surface area contributed by atoms with Crippen LogP contribution in [0.1, 0.15) is 180 Å². The number of nitrogens with one attached hydrogen (secondary N) is 8. The van der Waals surface area contributed by atoms with Crippen LogP contribution in [-0.2, 0) is 47.9 Å². The molecule has 0 bridgehead atoms. The molecule has 0 aliphatic carbocycles. The molecule has 1 rings (SSSR count). The number of aliphatic hydroxyl groups excluding tert-OH is 1. The van der Waals surface area contributed by atoms with Gasteiger partial charge in [0.1, 0.15) is 46.9 Å². The van der Waals surface area contributed by atoms with E-state index >= 15 is 0 Å². The Balaban J connectivity index is 3.24. The van der Waals surface area contributed by atoms with Gasteiger partial charge in [0.15, 0.2) is 0 Å². The number of likely N-dealkylation sites (N-methyl/N-ethyl adjacent to an activating group) is 1. The zero-order chi connectivity index (χ0) is 60.4. The lowest BCUT2D eigenvalue weighted by Crippen LogP contribution is -2.65. The van der Waals surface area contributed by atoms with Crippen LogP contribution in [0.5, 0.6) is 0 Å². The van der Waals surface area contributed by atoms with Crippen LogP contribution in [-0.4, -0.2) is 173 Å². The molecule has 1 aliphatic rings. The normalized spacial score (nSPS) is 16.3. The maximum atomic E-state index is 14.3. The first kappa shape index (κ1) is 71.4. The van der Waals surface area contributed by atoms with E-state index in [2.05, 4.69) is 49.5 Å². The first-order valence-corrected chi connectivity index (χ1v) is 28.7. The van der Waals surface area contributed by atoms with Crippen LogP contribution in [0.2, 0.25) is 0 Å². The first-order chi connectivity index (χ1) is 36.8. The van der Waals surface area contributed by atoms with Crippen LogP contribution in [0, 0.1) is 17.8 Å². The molecule has 10 amide bonds. The number of unbranched alkanes of at least 4 members (excludes halogenated alkanes) is 5. The number of amides is 10. The Bertz CT molecular complexity index is 2040. The largest absolute Gasteiger partial charge is 0.394 e. The van der Waals surface area contributed by atoms with Crippen molar-refractivity contribution in [2.75, 3.05) is 40.3 Å². The second kappa shape index (κ2) is 34.5. The molecule has 9 N–H and O–H groups in total. The maximum Gasteiger partial charge on any atom is 0.247 e. The summed E-state index contributed by atoms with van der Waals surface area (Å²) in [5.41, 5.74) is -4.79. The summed E-state index contributed by atoms with van der Waals surface area (Å²) >= 11 is 0. The van der Waals surface area contributed by atoms with Crippen LogP contribution >= 0.6 is 0 Å². The Kier molecular flexibility index (Phi) is 31.2. The van der Waals surface area contributed by atoms with E-state index in [4.69, 9.17) is 0 Å². The third-order valence-corrected chi connectivity index (χ3v) is 13.8. The van der Waals surface area contributed by atoms with Gasteiger partial charge in [-0.05, 0) is 118 Å². The summed E-state index contributed by atoms with van der Waals surface area (Å²) in [5, 5.41) is 32.1. The summed E-state index contributed by atoms with van der Waals surface area (Å²) in [4.78, 5) is 141. The molecule has 1 fully saturated rings. The molecule has 1 saturated heterocycles. The van der Waals surface area contributed by atoms with Gasteiger partial charge < -0.3 is 62.3 Å². The van der Waals surface area contributed by atoms with E-state index < -0.39 is 94.9 Å². The minimum Gasteiger partial charge on any atom is -0.394 e. The van der Waals surface area contributed by atoms with Gasteiger partial charge >= 0.3 is 0 Å². The Morgan fingerprint density at radius 3 is 1.73 bits per heavy atom. The van der Waals surface area contributed by atoms with E-state index in [9.17, 15) is 53.1 Å². The molecule has 452 valence electrons. The molecule has 0 spiro atoms. The van der Waals surface area contributed by atoms with Crippen LogP contribution < -0.4 is 42.5 Å². The minimum atomic E-state index is -1.74. The molecule has 0 aromatic rings. The molecule has 79 heavy (non-hydrogen) atoms. The summed E-state index contributed by atoms with van der Waals surface area (Å²) in [6, 6.07) is -5.15.